The van der Waals surface area contributed by atoms with Crippen molar-refractivity contribution in [3.05, 3.63) is 34.2 Å². The fraction of sp³-hybridized carbons (Fsp3) is 0.412. The number of ether oxygens (including phenoxy) is 1. The van der Waals surface area contributed by atoms with Gasteiger partial charge in [0.15, 0.2) is 5.17 Å². The van der Waals surface area contributed by atoms with Crippen molar-refractivity contribution >= 4 is 52.3 Å². The lowest BCUT2D eigenvalue weighted by Gasteiger charge is -2.36. The molecular formula is C17H21ClN6O2S2. The molecule has 0 unspecified atom stereocenters. The minimum atomic E-state index is -0.0455. The molecule has 150 valence electrons. The topological polar surface area (TPSA) is 75.3 Å². The molecule has 1 fully saturated rings. The van der Waals surface area contributed by atoms with Gasteiger partial charge in [-0.1, -0.05) is 17.8 Å². The summed E-state index contributed by atoms with van der Waals surface area (Å²) in [6.45, 7) is 2.75. The zero-order valence-corrected chi connectivity index (χ0v) is 18.0. The summed E-state index contributed by atoms with van der Waals surface area (Å²) in [5.41, 5.74) is 1.53. The maximum atomic E-state index is 12.8. The maximum absolute atomic E-state index is 12.8. The zero-order chi connectivity index (χ0) is 18.8. The molecule has 0 bridgehead atoms. The van der Waals surface area contributed by atoms with E-state index < -0.39 is 0 Å². The number of thiophene rings is 1. The highest BCUT2D eigenvalue weighted by atomic mass is 35.5. The van der Waals surface area contributed by atoms with Crippen molar-refractivity contribution in [1.29, 1.82) is 0 Å². The first-order chi connectivity index (χ1) is 13.2. The number of piperazine rings is 1. The van der Waals surface area contributed by atoms with Gasteiger partial charge in [-0.15, -0.1) is 33.9 Å². The average Bonchev–Trinajstić information content (AvgIpc) is 3.37. The number of hydrogen-bond acceptors (Lipinski definition) is 8. The summed E-state index contributed by atoms with van der Waals surface area (Å²) >= 11 is 3.39. The zero-order valence-electron chi connectivity index (χ0n) is 15.6. The number of aromatic nitrogens is 2. The molecule has 4 rings (SSSR count). The van der Waals surface area contributed by atoms with Gasteiger partial charge in [0.25, 0.3) is 5.91 Å². The number of carbonyl (C=O) groups excluding carboxylic acids is 1. The van der Waals surface area contributed by atoms with Crippen LogP contribution in [0.1, 0.15) is 15.2 Å². The molecule has 1 amide bonds. The van der Waals surface area contributed by atoms with E-state index in [-0.39, 0.29) is 18.3 Å². The number of methoxy groups -OCH3 is 1. The van der Waals surface area contributed by atoms with Gasteiger partial charge in [-0.25, -0.2) is 0 Å². The van der Waals surface area contributed by atoms with Crippen LogP contribution >= 0.6 is 35.5 Å². The molecule has 2 aliphatic heterocycles. The van der Waals surface area contributed by atoms with Crippen LogP contribution in [0.2, 0.25) is 0 Å². The summed E-state index contributed by atoms with van der Waals surface area (Å²) in [6.07, 6.45) is 1.70. The molecular weight excluding hydrogens is 420 g/mol. The van der Waals surface area contributed by atoms with Crippen LogP contribution in [0.15, 0.2) is 33.9 Å². The predicted molar refractivity (Wildman–Crippen MR) is 115 cm³/mol. The van der Waals surface area contributed by atoms with E-state index >= 15 is 0 Å². The number of hydrogen-bond donors (Lipinski definition) is 0. The van der Waals surface area contributed by atoms with Crippen molar-refractivity contribution in [3.63, 3.8) is 0 Å². The van der Waals surface area contributed by atoms with Crippen molar-refractivity contribution in [2.75, 3.05) is 39.0 Å². The average molecular weight is 441 g/mol. The van der Waals surface area contributed by atoms with Gasteiger partial charge >= 0.3 is 0 Å². The molecule has 0 N–H and O–H groups in total. The molecule has 1 saturated heterocycles. The highest BCUT2D eigenvalue weighted by Crippen LogP contribution is 2.23. The molecule has 0 aromatic carbocycles. The number of nitrogens with zero attached hydrogens (tertiary/aromatic N) is 6. The van der Waals surface area contributed by atoms with Gasteiger partial charge in [0.05, 0.1) is 17.7 Å². The smallest absolute Gasteiger partial charge is 0.261 e. The molecule has 8 nitrogen and oxygen atoms in total. The minimum absolute atomic E-state index is 0. The normalized spacial score (nSPS) is 16.9. The molecule has 2 aromatic heterocycles. The number of amidine groups is 1. The Morgan fingerprint density at radius 1 is 1.21 bits per heavy atom. The van der Waals surface area contributed by atoms with Crippen LogP contribution in [0, 0.1) is 0 Å². The Bertz CT molecular complexity index is 888. The van der Waals surface area contributed by atoms with Crippen LogP contribution < -0.4 is 4.74 Å². The first-order valence-electron chi connectivity index (χ1n) is 8.59. The number of rotatable bonds is 3. The number of carbonyl (C=O) groups is 1. The summed E-state index contributed by atoms with van der Waals surface area (Å²) in [5, 5.41) is 16.0. The second-order valence-electron chi connectivity index (χ2n) is 6.20. The lowest BCUT2D eigenvalue weighted by molar-refractivity contribution is 0.0690. The first kappa shape index (κ1) is 20.7. The van der Waals surface area contributed by atoms with E-state index in [2.05, 4.69) is 31.6 Å². The summed E-state index contributed by atoms with van der Waals surface area (Å²) < 4.78 is 6.81. The van der Waals surface area contributed by atoms with Crippen molar-refractivity contribution in [1.82, 2.24) is 19.6 Å². The third kappa shape index (κ3) is 4.18. The fourth-order valence-corrected chi connectivity index (χ4v) is 4.79. The van der Waals surface area contributed by atoms with Gasteiger partial charge in [0.1, 0.15) is 5.56 Å². The summed E-state index contributed by atoms with van der Waals surface area (Å²) in [5.74, 6) is 1.15. The van der Waals surface area contributed by atoms with Gasteiger partial charge in [-0.3, -0.25) is 9.48 Å². The van der Waals surface area contributed by atoms with Gasteiger partial charge < -0.3 is 14.5 Å². The first-order valence-corrected chi connectivity index (χ1v) is 10.5. The van der Waals surface area contributed by atoms with Crippen molar-refractivity contribution in [2.24, 2.45) is 17.3 Å². The molecule has 4 heterocycles. The molecule has 11 heteroatoms. The minimum Gasteiger partial charge on any atom is -0.479 e. The fourth-order valence-electron chi connectivity index (χ4n) is 3.05. The van der Waals surface area contributed by atoms with Crippen LogP contribution in [0.25, 0.3) is 0 Å². The summed E-state index contributed by atoms with van der Waals surface area (Å²) in [4.78, 5) is 18.0. The Hall–Kier alpha value is -2.04. The molecule has 0 saturated carbocycles. The highest BCUT2D eigenvalue weighted by Gasteiger charge is 2.28. The van der Waals surface area contributed by atoms with Crippen LogP contribution in [0.5, 0.6) is 5.88 Å². The summed E-state index contributed by atoms with van der Waals surface area (Å²) in [6, 6.07) is 4.10. The van der Waals surface area contributed by atoms with E-state index in [4.69, 9.17) is 4.74 Å². The van der Waals surface area contributed by atoms with E-state index in [1.54, 1.807) is 41.0 Å². The largest absolute Gasteiger partial charge is 0.479 e. The van der Waals surface area contributed by atoms with Gasteiger partial charge in [-0.05, 0) is 11.4 Å². The van der Waals surface area contributed by atoms with Crippen LogP contribution in [-0.2, 0) is 7.05 Å². The van der Waals surface area contributed by atoms with E-state index in [9.17, 15) is 4.79 Å². The van der Waals surface area contributed by atoms with Gasteiger partial charge in [0.2, 0.25) is 5.88 Å². The Morgan fingerprint density at radius 2 is 2.00 bits per heavy atom. The molecule has 2 aromatic rings. The van der Waals surface area contributed by atoms with Crippen molar-refractivity contribution in [2.45, 2.75) is 0 Å². The second kappa shape index (κ2) is 8.97. The lowest BCUT2D eigenvalue weighted by atomic mass is 10.2. The Morgan fingerprint density at radius 3 is 2.61 bits per heavy atom. The van der Waals surface area contributed by atoms with Crippen LogP contribution in [-0.4, -0.2) is 75.4 Å². The maximum Gasteiger partial charge on any atom is 0.261 e. The van der Waals surface area contributed by atoms with E-state index in [0.29, 0.717) is 24.5 Å². The number of amides is 1. The van der Waals surface area contributed by atoms with E-state index in [1.807, 2.05) is 11.0 Å². The standard InChI is InChI=1S/C17H20N6O2S2.ClH/c1-21-10-12(15(20-21)25-2)16(24)22-5-7-23(8-6-22)17-19-18-13(11-27-17)14-4-3-9-26-14;/h3-4,9-10H,5-8,11H2,1-2H3;1H. The molecule has 0 spiro atoms. The molecule has 0 radical (unpaired) electrons. The Kier molecular flexibility index (Phi) is 6.63. The van der Waals surface area contributed by atoms with E-state index in [1.165, 1.54) is 12.0 Å². The third-order valence-electron chi connectivity index (χ3n) is 4.46. The lowest BCUT2D eigenvalue weighted by Crippen LogP contribution is -2.50. The number of halogens is 1. The number of thioether (sulfide) groups is 1. The molecule has 28 heavy (non-hydrogen) atoms. The van der Waals surface area contributed by atoms with E-state index in [0.717, 1.165) is 29.7 Å². The van der Waals surface area contributed by atoms with Gasteiger partial charge in [0, 0.05) is 45.2 Å². The summed E-state index contributed by atoms with van der Waals surface area (Å²) in [7, 11) is 3.31. The Balaban J connectivity index is 0.00000225. The third-order valence-corrected chi connectivity index (χ3v) is 6.39. The highest BCUT2D eigenvalue weighted by molar-refractivity contribution is 8.14. The SMILES string of the molecule is COc1nn(C)cc1C(=O)N1CCN(C2=NN=C(c3cccs3)CS2)CC1.Cl. The quantitative estimate of drug-likeness (QED) is 0.731. The van der Waals surface area contributed by atoms with Crippen molar-refractivity contribution < 1.29 is 9.53 Å². The van der Waals surface area contributed by atoms with Gasteiger partial charge in [-0.2, -0.15) is 5.10 Å². The second-order valence-corrected chi connectivity index (χ2v) is 8.09. The number of aryl methyl sites for hydroxylation is 1. The van der Waals surface area contributed by atoms with Crippen LogP contribution in [0.3, 0.4) is 0 Å². The predicted octanol–water partition coefficient (Wildman–Crippen LogP) is 2.18. The Labute approximate surface area is 177 Å². The molecule has 0 atom stereocenters. The monoisotopic (exact) mass is 440 g/mol. The molecule has 0 aliphatic carbocycles. The van der Waals surface area contributed by atoms with Crippen LogP contribution in [0.4, 0.5) is 0 Å². The molecule has 2 aliphatic rings. The van der Waals surface area contributed by atoms with Crippen molar-refractivity contribution in [3.8, 4) is 5.88 Å².